The van der Waals surface area contributed by atoms with Crippen LogP contribution in [0, 0.1) is 0 Å². The molecule has 0 saturated heterocycles. The predicted octanol–water partition coefficient (Wildman–Crippen LogP) is 4.65. The van der Waals surface area contributed by atoms with Crippen molar-refractivity contribution in [2.24, 2.45) is 0 Å². The SMILES string of the molecule is Clc1ccc(NC2c3ccccc3-n3cccc32)cc1. The standard InChI is InChI=1S/C17H13ClN2/c18-12-7-9-13(10-8-12)19-17-14-4-1-2-5-15(14)20-11-3-6-16(17)20/h1-11,17,19H. The molecule has 0 bridgehead atoms. The summed E-state index contributed by atoms with van der Waals surface area (Å²) in [6.07, 6.45) is 2.11. The minimum absolute atomic E-state index is 0.183. The molecule has 2 aromatic carbocycles. The second kappa shape index (κ2) is 4.43. The fourth-order valence-corrected chi connectivity index (χ4v) is 2.95. The molecular weight excluding hydrogens is 268 g/mol. The second-order valence-corrected chi connectivity index (χ2v) is 5.38. The van der Waals surface area contributed by atoms with Crippen molar-refractivity contribution in [3.05, 3.63) is 83.1 Å². The summed E-state index contributed by atoms with van der Waals surface area (Å²) in [5.74, 6) is 0. The van der Waals surface area contributed by atoms with Crippen LogP contribution in [0.25, 0.3) is 5.69 Å². The molecule has 3 heteroatoms. The highest BCUT2D eigenvalue weighted by Crippen LogP contribution is 2.38. The molecule has 1 aliphatic rings. The Morgan fingerprint density at radius 1 is 0.900 bits per heavy atom. The first-order valence-corrected chi connectivity index (χ1v) is 6.99. The van der Waals surface area contributed by atoms with Crippen LogP contribution in [0.1, 0.15) is 17.3 Å². The Bertz CT molecular complexity index is 759. The lowest BCUT2D eigenvalue weighted by Gasteiger charge is -2.15. The number of nitrogens with one attached hydrogen (secondary N) is 1. The number of nitrogens with zero attached hydrogens (tertiary/aromatic N) is 1. The van der Waals surface area contributed by atoms with E-state index in [4.69, 9.17) is 11.6 Å². The van der Waals surface area contributed by atoms with Crippen LogP contribution in [0.5, 0.6) is 0 Å². The molecule has 1 aliphatic heterocycles. The van der Waals surface area contributed by atoms with Gasteiger partial charge in [0, 0.05) is 28.2 Å². The Morgan fingerprint density at radius 3 is 2.55 bits per heavy atom. The number of rotatable bonds is 2. The lowest BCUT2D eigenvalue weighted by molar-refractivity contribution is 0.924. The van der Waals surface area contributed by atoms with Crippen LogP contribution < -0.4 is 5.32 Å². The predicted molar refractivity (Wildman–Crippen MR) is 82.7 cm³/mol. The van der Waals surface area contributed by atoms with Crippen LogP contribution in [0.4, 0.5) is 5.69 Å². The Balaban J connectivity index is 1.77. The fourth-order valence-electron chi connectivity index (χ4n) is 2.82. The topological polar surface area (TPSA) is 17.0 Å². The Morgan fingerprint density at radius 2 is 1.70 bits per heavy atom. The molecule has 1 unspecified atom stereocenters. The van der Waals surface area contributed by atoms with E-state index in [1.807, 2.05) is 24.3 Å². The molecule has 0 spiro atoms. The van der Waals surface area contributed by atoms with Gasteiger partial charge in [0.2, 0.25) is 0 Å². The molecule has 3 aromatic rings. The van der Waals surface area contributed by atoms with Crippen LogP contribution in [-0.4, -0.2) is 4.57 Å². The molecule has 20 heavy (non-hydrogen) atoms. The van der Waals surface area contributed by atoms with Gasteiger partial charge in [-0.05, 0) is 42.5 Å². The van der Waals surface area contributed by atoms with Crippen molar-refractivity contribution >= 4 is 17.3 Å². The second-order valence-electron chi connectivity index (χ2n) is 4.95. The van der Waals surface area contributed by atoms with E-state index in [1.54, 1.807) is 0 Å². The van der Waals surface area contributed by atoms with E-state index in [-0.39, 0.29) is 6.04 Å². The van der Waals surface area contributed by atoms with Gasteiger partial charge in [-0.1, -0.05) is 29.8 Å². The van der Waals surface area contributed by atoms with E-state index in [0.717, 1.165) is 10.7 Å². The Hall–Kier alpha value is -2.19. The van der Waals surface area contributed by atoms with E-state index in [2.05, 4.69) is 52.5 Å². The van der Waals surface area contributed by atoms with Crippen LogP contribution in [-0.2, 0) is 0 Å². The summed E-state index contributed by atoms with van der Waals surface area (Å²) in [5, 5.41) is 4.34. The van der Waals surface area contributed by atoms with E-state index in [0.29, 0.717) is 0 Å². The van der Waals surface area contributed by atoms with Crippen molar-refractivity contribution in [2.45, 2.75) is 6.04 Å². The number of anilines is 1. The zero-order valence-corrected chi connectivity index (χ0v) is 11.5. The maximum Gasteiger partial charge on any atom is 0.0943 e. The molecule has 1 N–H and O–H groups in total. The van der Waals surface area contributed by atoms with Gasteiger partial charge < -0.3 is 9.88 Å². The smallest absolute Gasteiger partial charge is 0.0943 e. The lowest BCUT2D eigenvalue weighted by atomic mass is 10.1. The summed E-state index contributed by atoms with van der Waals surface area (Å²) >= 11 is 5.94. The zero-order valence-electron chi connectivity index (χ0n) is 10.8. The third-order valence-corrected chi connectivity index (χ3v) is 3.99. The number of fused-ring (bicyclic) bond motifs is 3. The quantitative estimate of drug-likeness (QED) is 0.723. The van der Waals surface area contributed by atoms with Gasteiger partial charge in [0.1, 0.15) is 0 Å². The van der Waals surface area contributed by atoms with Crippen molar-refractivity contribution in [3.8, 4) is 5.69 Å². The molecule has 2 heterocycles. The van der Waals surface area contributed by atoms with E-state index in [9.17, 15) is 0 Å². The van der Waals surface area contributed by atoms with E-state index >= 15 is 0 Å². The number of hydrogen-bond acceptors (Lipinski definition) is 1. The Kier molecular flexibility index (Phi) is 2.57. The Labute approximate surface area is 122 Å². The summed E-state index contributed by atoms with van der Waals surface area (Å²) < 4.78 is 2.24. The lowest BCUT2D eigenvalue weighted by Crippen LogP contribution is -2.09. The normalized spacial score (nSPS) is 15.8. The average molecular weight is 281 g/mol. The summed E-state index contributed by atoms with van der Waals surface area (Å²) in [4.78, 5) is 0. The molecule has 98 valence electrons. The van der Waals surface area contributed by atoms with Crippen LogP contribution in [0.15, 0.2) is 66.9 Å². The van der Waals surface area contributed by atoms with Gasteiger partial charge in [0.25, 0.3) is 0 Å². The van der Waals surface area contributed by atoms with E-state index in [1.165, 1.54) is 16.9 Å². The summed E-state index contributed by atoms with van der Waals surface area (Å²) in [6, 6.07) is 20.8. The molecule has 0 fully saturated rings. The molecule has 0 radical (unpaired) electrons. The zero-order chi connectivity index (χ0) is 13.5. The molecule has 0 aliphatic carbocycles. The third-order valence-electron chi connectivity index (χ3n) is 3.74. The van der Waals surface area contributed by atoms with Gasteiger partial charge in [-0.3, -0.25) is 0 Å². The summed E-state index contributed by atoms with van der Waals surface area (Å²) in [6.45, 7) is 0. The molecule has 2 nitrogen and oxygen atoms in total. The van der Waals surface area contributed by atoms with Crippen LogP contribution >= 0.6 is 11.6 Å². The maximum absolute atomic E-state index is 5.94. The van der Waals surface area contributed by atoms with Gasteiger partial charge in [-0.25, -0.2) is 0 Å². The fraction of sp³-hybridized carbons (Fsp3) is 0.0588. The van der Waals surface area contributed by atoms with Gasteiger partial charge in [0.15, 0.2) is 0 Å². The molecule has 0 amide bonds. The minimum atomic E-state index is 0.183. The maximum atomic E-state index is 5.94. The molecule has 4 rings (SSSR count). The van der Waals surface area contributed by atoms with Crippen molar-refractivity contribution in [2.75, 3.05) is 5.32 Å². The van der Waals surface area contributed by atoms with E-state index < -0.39 is 0 Å². The molecule has 0 saturated carbocycles. The number of hydrogen-bond donors (Lipinski definition) is 1. The van der Waals surface area contributed by atoms with Gasteiger partial charge >= 0.3 is 0 Å². The largest absolute Gasteiger partial charge is 0.373 e. The van der Waals surface area contributed by atoms with Gasteiger partial charge in [-0.2, -0.15) is 0 Å². The number of benzene rings is 2. The highest BCUT2D eigenvalue weighted by atomic mass is 35.5. The highest BCUT2D eigenvalue weighted by Gasteiger charge is 2.27. The first-order chi connectivity index (χ1) is 9.83. The number of halogens is 1. The average Bonchev–Trinajstić information content (AvgIpc) is 3.05. The third kappa shape index (κ3) is 1.73. The van der Waals surface area contributed by atoms with Crippen molar-refractivity contribution in [1.29, 1.82) is 0 Å². The van der Waals surface area contributed by atoms with Gasteiger partial charge in [0.05, 0.1) is 11.7 Å². The van der Waals surface area contributed by atoms with Gasteiger partial charge in [-0.15, -0.1) is 0 Å². The first-order valence-electron chi connectivity index (χ1n) is 6.61. The molecule has 1 aromatic heterocycles. The first kappa shape index (κ1) is 11.6. The van der Waals surface area contributed by atoms with Crippen molar-refractivity contribution in [3.63, 3.8) is 0 Å². The van der Waals surface area contributed by atoms with Crippen LogP contribution in [0.2, 0.25) is 5.02 Å². The molecular formula is C17H13ClN2. The van der Waals surface area contributed by atoms with Crippen molar-refractivity contribution < 1.29 is 0 Å². The summed E-state index contributed by atoms with van der Waals surface area (Å²) in [5.41, 5.74) is 4.89. The molecule has 1 atom stereocenters. The van der Waals surface area contributed by atoms with Crippen molar-refractivity contribution in [1.82, 2.24) is 4.57 Å². The number of para-hydroxylation sites is 1. The highest BCUT2D eigenvalue weighted by molar-refractivity contribution is 6.30. The monoisotopic (exact) mass is 280 g/mol. The summed E-state index contributed by atoms with van der Waals surface area (Å²) in [7, 11) is 0. The number of aromatic nitrogens is 1. The minimum Gasteiger partial charge on any atom is -0.373 e. The van der Waals surface area contributed by atoms with Crippen LogP contribution in [0.3, 0.4) is 0 Å².